The van der Waals surface area contributed by atoms with Crippen LogP contribution in [0.1, 0.15) is 187 Å². The van der Waals surface area contributed by atoms with Gasteiger partial charge in [-0.25, -0.2) is 4.57 Å². The Morgan fingerprint density at radius 2 is 1.24 bits per heavy atom. The lowest BCUT2D eigenvalue weighted by Crippen LogP contribution is -2.34. The van der Waals surface area contributed by atoms with E-state index in [4.69, 9.17) is 24.8 Å². The van der Waals surface area contributed by atoms with E-state index in [0.717, 1.165) is 44.9 Å². The van der Waals surface area contributed by atoms with E-state index in [2.05, 4.69) is 18.4 Å². The second-order valence-electron chi connectivity index (χ2n) is 16.3. The number of hydrogen-bond donors (Lipinski definition) is 5. The number of aliphatic carboxylic acids is 1. The summed E-state index contributed by atoms with van der Waals surface area (Å²) in [6.45, 7) is 2.47. The molecule has 1 unspecified atom stereocenters. The third-order valence-electron chi connectivity index (χ3n) is 10.9. The first-order chi connectivity index (χ1) is 28.3. The molecule has 7 atom stereocenters. The van der Waals surface area contributed by atoms with Crippen LogP contribution in [0.15, 0.2) is 12.2 Å². The number of unbranched alkanes of at least 4 members (excludes halogenated alkanes) is 19. The van der Waals surface area contributed by atoms with Gasteiger partial charge in [0.25, 0.3) is 0 Å². The van der Waals surface area contributed by atoms with Crippen molar-refractivity contribution in [3.05, 3.63) is 12.2 Å². The molecule has 59 heavy (non-hydrogen) atoms. The lowest BCUT2D eigenvalue weighted by atomic mass is 9.88. The number of aliphatic hydroxyl groups is 2. The maximum atomic E-state index is 12.8. The number of Topliss-reactive ketones (excluding diaryl/α,β-unsaturated/α-hetero) is 1. The van der Waals surface area contributed by atoms with Crippen molar-refractivity contribution in [1.29, 1.82) is 0 Å². The van der Waals surface area contributed by atoms with Crippen molar-refractivity contribution in [2.24, 2.45) is 17.6 Å². The Labute approximate surface area is 354 Å². The molecule has 1 aliphatic rings. The summed E-state index contributed by atoms with van der Waals surface area (Å²) < 4.78 is 32.7. The summed E-state index contributed by atoms with van der Waals surface area (Å²) in [6, 6.07) is -1.56. The molecule has 1 fully saturated rings. The van der Waals surface area contributed by atoms with E-state index in [1.807, 2.05) is 0 Å². The van der Waals surface area contributed by atoms with Crippen LogP contribution in [-0.4, -0.2) is 88.1 Å². The minimum atomic E-state index is -4.78. The zero-order valence-corrected chi connectivity index (χ0v) is 37.2. The van der Waals surface area contributed by atoms with Crippen LogP contribution in [0, 0.1) is 11.8 Å². The predicted octanol–water partition coefficient (Wildman–Crippen LogP) is 8.65. The standard InChI is InChI=1S/C44H80NO13P/c1-3-5-7-8-9-10-11-12-13-14-15-16-17-18-23-27-42(49)55-32-36(33-56-59(53,54)57-34-39(45)44(51)52)58-43(50)28-24-20-19-22-26-37-38(41(48)31-40(37)47)30-29-35(46)25-21-6-4-2/h29-30,35-39,41,46,48H,3-28,31-34,45H2,1-2H3,(H,51,52)(H,53,54)/b30-29+/t35-,36+,37+,38+,39-,41+/m0/s1. The lowest BCUT2D eigenvalue weighted by molar-refractivity contribution is -0.161. The molecule has 1 saturated carbocycles. The van der Waals surface area contributed by atoms with Gasteiger partial charge >= 0.3 is 25.7 Å². The Morgan fingerprint density at radius 1 is 0.746 bits per heavy atom. The molecule has 0 spiro atoms. The molecule has 15 heteroatoms. The van der Waals surface area contributed by atoms with Crippen molar-refractivity contribution in [3.63, 3.8) is 0 Å². The van der Waals surface area contributed by atoms with Gasteiger partial charge < -0.3 is 35.4 Å². The van der Waals surface area contributed by atoms with Crippen LogP contribution < -0.4 is 5.73 Å². The number of aliphatic hydroxyl groups excluding tert-OH is 2. The van der Waals surface area contributed by atoms with Crippen LogP contribution >= 0.6 is 7.82 Å². The molecule has 1 rings (SSSR count). The van der Waals surface area contributed by atoms with Gasteiger partial charge in [0, 0.05) is 31.1 Å². The van der Waals surface area contributed by atoms with E-state index in [-0.39, 0.29) is 36.9 Å². The maximum absolute atomic E-state index is 12.8. The van der Waals surface area contributed by atoms with E-state index in [1.54, 1.807) is 12.2 Å². The monoisotopic (exact) mass is 862 g/mol. The minimum Gasteiger partial charge on any atom is -0.480 e. The number of carbonyl (C=O) groups excluding carboxylic acids is 3. The third kappa shape index (κ3) is 28.9. The summed E-state index contributed by atoms with van der Waals surface area (Å²) in [5.74, 6) is -3.19. The first kappa shape index (κ1) is 54.8. The number of phosphoric ester groups is 1. The Bertz CT molecular complexity index is 1220. The molecular formula is C44H80NO13P. The first-order valence-electron chi connectivity index (χ1n) is 22.8. The lowest BCUT2D eigenvalue weighted by Gasteiger charge is -2.20. The minimum absolute atomic E-state index is 0.0162. The number of carbonyl (C=O) groups is 4. The summed E-state index contributed by atoms with van der Waals surface area (Å²) in [5, 5.41) is 29.6. The Balaban J connectivity index is 2.46. The van der Waals surface area contributed by atoms with E-state index < -0.39 is 69.9 Å². The van der Waals surface area contributed by atoms with Gasteiger partial charge in [0.15, 0.2) is 6.10 Å². The Kier molecular flexibility index (Phi) is 32.0. The number of esters is 2. The van der Waals surface area contributed by atoms with Crippen LogP contribution in [0.4, 0.5) is 0 Å². The highest BCUT2D eigenvalue weighted by Crippen LogP contribution is 2.43. The first-order valence-corrected chi connectivity index (χ1v) is 24.3. The van der Waals surface area contributed by atoms with Crippen molar-refractivity contribution in [1.82, 2.24) is 0 Å². The largest absolute Gasteiger partial charge is 0.480 e. The fourth-order valence-corrected chi connectivity index (χ4v) is 8.03. The maximum Gasteiger partial charge on any atom is 0.472 e. The molecule has 344 valence electrons. The third-order valence-corrected chi connectivity index (χ3v) is 11.9. The number of carboxylic acids is 1. The van der Waals surface area contributed by atoms with Gasteiger partial charge in [0.1, 0.15) is 18.4 Å². The van der Waals surface area contributed by atoms with Gasteiger partial charge in [-0.3, -0.25) is 28.2 Å². The SMILES string of the molecule is CCCCCCCCCCCCCCCCCC(=O)OC[C@H](COP(=O)(O)OC[C@H](N)C(=O)O)OC(=O)CCCCCC[C@H]1C(=O)C[C@@H](O)[C@@H]1/C=C/[C@@H](O)CCCCC. The van der Waals surface area contributed by atoms with Crippen LogP contribution in [-0.2, 0) is 42.3 Å². The number of phosphoric acid groups is 1. The molecule has 0 radical (unpaired) electrons. The van der Waals surface area contributed by atoms with Gasteiger partial charge in [0.2, 0.25) is 0 Å². The normalized spacial score (nSPS) is 19.4. The zero-order valence-electron chi connectivity index (χ0n) is 36.3. The molecule has 0 heterocycles. The molecule has 1 aliphatic carbocycles. The number of ether oxygens (including phenoxy) is 2. The topological polar surface area (TPSA) is 229 Å². The summed E-state index contributed by atoms with van der Waals surface area (Å²) in [4.78, 5) is 58.8. The molecule has 0 saturated heterocycles. The molecule has 0 amide bonds. The summed E-state index contributed by atoms with van der Waals surface area (Å²) in [6.07, 6.45) is 26.0. The van der Waals surface area contributed by atoms with Gasteiger partial charge in [-0.1, -0.05) is 154 Å². The molecule has 0 bridgehead atoms. The second-order valence-corrected chi connectivity index (χ2v) is 17.8. The molecule has 0 aromatic carbocycles. The zero-order chi connectivity index (χ0) is 43.7. The van der Waals surface area contributed by atoms with Crippen LogP contribution in [0.2, 0.25) is 0 Å². The van der Waals surface area contributed by atoms with Crippen LogP contribution in [0.3, 0.4) is 0 Å². The predicted molar refractivity (Wildman–Crippen MR) is 227 cm³/mol. The molecule has 6 N–H and O–H groups in total. The smallest absolute Gasteiger partial charge is 0.472 e. The van der Waals surface area contributed by atoms with Gasteiger partial charge in [0.05, 0.1) is 25.4 Å². The fourth-order valence-electron chi connectivity index (χ4n) is 7.26. The summed E-state index contributed by atoms with van der Waals surface area (Å²) in [7, 11) is -4.78. The van der Waals surface area contributed by atoms with Crippen molar-refractivity contribution in [2.45, 2.75) is 212 Å². The second kappa shape index (κ2) is 34.4. The molecular weight excluding hydrogens is 781 g/mol. The highest BCUT2D eigenvalue weighted by molar-refractivity contribution is 7.47. The van der Waals surface area contributed by atoms with E-state index in [0.29, 0.717) is 38.5 Å². The number of nitrogens with two attached hydrogens (primary N) is 1. The van der Waals surface area contributed by atoms with E-state index >= 15 is 0 Å². The van der Waals surface area contributed by atoms with Crippen molar-refractivity contribution >= 4 is 31.5 Å². The van der Waals surface area contributed by atoms with Crippen molar-refractivity contribution in [3.8, 4) is 0 Å². The quantitative estimate of drug-likeness (QED) is 0.0169. The molecule has 0 aromatic rings. The molecule has 14 nitrogen and oxygen atoms in total. The molecule has 0 aromatic heterocycles. The molecule has 0 aliphatic heterocycles. The highest BCUT2D eigenvalue weighted by atomic mass is 31.2. The summed E-state index contributed by atoms with van der Waals surface area (Å²) >= 11 is 0. The number of rotatable bonds is 39. The van der Waals surface area contributed by atoms with Gasteiger partial charge in [-0.15, -0.1) is 0 Å². The van der Waals surface area contributed by atoms with Crippen molar-refractivity contribution < 1.29 is 62.5 Å². The fraction of sp³-hybridized carbons (Fsp3) is 0.864. The summed E-state index contributed by atoms with van der Waals surface area (Å²) in [5.41, 5.74) is 5.33. The van der Waals surface area contributed by atoms with Crippen LogP contribution in [0.25, 0.3) is 0 Å². The van der Waals surface area contributed by atoms with E-state index in [9.17, 15) is 38.8 Å². The van der Waals surface area contributed by atoms with Gasteiger partial charge in [-0.05, 0) is 25.7 Å². The van der Waals surface area contributed by atoms with Crippen molar-refractivity contribution in [2.75, 3.05) is 19.8 Å². The highest BCUT2D eigenvalue weighted by Gasteiger charge is 2.39. The Hall–Kier alpha value is -2.19. The van der Waals surface area contributed by atoms with E-state index in [1.165, 1.54) is 70.6 Å². The van der Waals surface area contributed by atoms with Crippen LogP contribution in [0.5, 0.6) is 0 Å². The average Bonchev–Trinajstić information content (AvgIpc) is 3.47. The average molecular weight is 862 g/mol. The number of hydrogen-bond acceptors (Lipinski definition) is 12. The number of carboxylic acid groups (broad SMARTS) is 1. The number of ketones is 1. The van der Waals surface area contributed by atoms with Gasteiger partial charge in [-0.2, -0.15) is 0 Å². The Morgan fingerprint density at radius 3 is 1.80 bits per heavy atom.